The maximum atomic E-state index is 13.0. The Morgan fingerprint density at radius 2 is 1.96 bits per heavy atom. The Labute approximate surface area is 146 Å². The molecular weight excluding hydrogens is 314 g/mol. The van der Waals surface area contributed by atoms with Gasteiger partial charge in [0.15, 0.2) is 5.96 Å². The highest BCUT2D eigenvalue weighted by molar-refractivity contribution is 6.02. The molecule has 0 unspecified atom stereocenters. The van der Waals surface area contributed by atoms with Crippen LogP contribution in [-0.2, 0) is 10.3 Å². The van der Waals surface area contributed by atoms with Crippen molar-refractivity contribution in [2.45, 2.75) is 18.4 Å². The average molecular weight is 333 g/mol. The third-order valence-electron chi connectivity index (χ3n) is 4.73. The maximum Gasteiger partial charge on any atom is 0.239 e. The first kappa shape index (κ1) is 16.5. The number of anilines is 1. The van der Waals surface area contributed by atoms with Crippen molar-refractivity contribution in [2.24, 2.45) is 0 Å². The average Bonchev–Trinajstić information content (AvgIpc) is 2.60. The number of amides is 1. The predicted molar refractivity (Wildman–Crippen MR) is 95.7 cm³/mol. The molecule has 1 fully saturated rings. The fraction of sp³-hybridized carbons (Fsp3) is 0.211. The van der Waals surface area contributed by atoms with Gasteiger partial charge < -0.3 is 11.1 Å². The van der Waals surface area contributed by atoms with Crippen LogP contribution in [0.25, 0.3) is 0 Å². The number of nitrogens with one attached hydrogen (secondary N) is 2. The second-order valence-electron chi connectivity index (χ2n) is 6.37. The Hall–Kier alpha value is -3.33. The first-order chi connectivity index (χ1) is 11.9. The van der Waals surface area contributed by atoms with E-state index in [2.05, 4.69) is 11.4 Å². The lowest BCUT2D eigenvalue weighted by Crippen LogP contribution is -2.62. The summed E-state index contributed by atoms with van der Waals surface area (Å²) in [5.41, 5.74) is 7.83. The Morgan fingerprint density at radius 1 is 1.28 bits per heavy atom. The van der Waals surface area contributed by atoms with Gasteiger partial charge in [0.1, 0.15) is 0 Å². The summed E-state index contributed by atoms with van der Waals surface area (Å²) in [5.74, 6) is -0.695. The number of benzene rings is 2. The van der Waals surface area contributed by atoms with Gasteiger partial charge in [0.25, 0.3) is 0 Å². The van der Waals surface area contributed by atoms with Gasteiger partial charge >= 0.3 is 0 Å². The minimum atomic E-state index is -0.829. The number of nitrogen functional groups attached to an aromatic ring is 1. The quantitative estimate of drug-likeness (QED) is 0.732. The van der Waals surface area contributed by atoms with Crippen LogP contribution in [0, 0.1) is 16.7 Å². The zero-order chi connectivity index (χ0) is 18.2. The largest absolute Gasteiger partial charge is 0.399 e. The summed E-state index contributed by atoms with van der Waals surface area (Å²) in [6, 6.07) is 16.4. The molecule has 126 valence electrons. The van der Waals surface area contributed by atoms with Crippen LogP contribution in [-0.4, -0.2) is 23.8 Å². The highest BCUT2D eigenvalue weighted by Gasteiger charge is 2.48. The molecule has 2 aromatic carbocycles. The molecule has 2 atom stereocenters. The van der Waals surface area contributed by atoms with Crippen molar-refractivity contribution in [2.75, 3.05) is 12.8 Å². The van der Waals surface area contributed by atoms with Gasteiger partial charge in [-0.25, -0.2) is 0 Å². The second kappa shape index (κ2) is 5.95. The molecule has 1 aliphatic heterocycles. The van der Waals surface area contributed by atoms with Gasteiger partial charge in [-0.1, -0.05) is 24.3 Å². The lowest BCUT2D eigenvalue weighted by molar-refractivity contribution is -0.131. The van der Waals surface area contributed by atoms with E-state index in [4.69, 9.17) is 16.4 Å². The van der Waals surface area contributed by atoms with Crippen molar-refractivity contribution in [1.29, 1.82) is 10.7 Å². The van der Waals surface area contributed by atoms with Crippen LogP contribution >= 0.6 is 0 Å². The van der Waals surface area contributed by atoms with E-state index in [1.807, 2.05) is 25.1 Å². The number of nitriles is 1. The maximum absolute atomic E-state index is 13.0. The van der Waals surface area contributed by atoms with Gasteiger partial charge in [-0.15, -0.1) is 0 Å². The molecule has 1 aliphatic rings. The van der Waals surface area contributed by atoms with Gasteiger partial charge in [0.2, 0.25) is 5.91 Å². The van der Waals surface area contributed by atoms with Crippen LogP contribution in [0.1, 0.15) is 29.5 Å². The molecule has 1 saturated heterocycles. The molecule has 0 saturated carbocycles. The first-order valence-corrected chi connectivity index (χ1v) is 7.87. The minimum Gasteiger partial charge on any atom is -0.399 e. The summed E-state index contributed by atoms with van der Waals surface area (Å²) in [7, 11) is 1.58. The fourth-order valence-corrected chi connectivity index (χ4v) is 3.28. The summed E-state index contributed by atoms with van der Waals surface area (Å²) in [5, 5.41) is 20.3. The van der Waals surface area contributed by atoms with Crippen molar-refractivity contribution in [3.05, 3.63) is 65.2 Å². The van der Waals surface area contributed by atoms with Crippen molar-refractivity contribution in [1.82, 2.24) is 10.2 Å². The molecule has 1 amide bonds. The smallest absolute Gasteiger partial charge is 0.239 e. The molecule has 0 aromatic heterocycles. The molecular formula is C19H19N5O. The highest BCUT2D eigenvalue weighted by Crippen LogP contribution is 2.41. The monoisotopic (exact) mass is 333 g/mol. The second-order valence-corrected chi connectivity index (χ2v) is 6.37. The van der Waals surface area contributed by atoms with Gasteiger partial charge in [-0.05, 0) is 42.3 Å². The first-order valence-electron chi connectivity index (χ1n) is 7.87. The van der Waals surface area contributed by atoms with E-state index in [1.165, 1.54) is 4.90 Å². The van der Waals surface area contributed by atoms with E-state index >= 15 is 0 Å². The lowest BCUT2D eigenvalue weighted by Gasteiger charge is -2.46. The Balaban J connectivity index is 2.16. The Bertz CT molecular complexity index is 883. The Morgan fingerprint density at radius 3 is 2.56 bits per heavy atom. The standard InChI is InChI=1S/C19H19N5O/c1-19(14-4-3-5-15(21)10-14)16(17(25)24(2)18(22)23-19)13-8-6-12(11-20)7-9-13/h3-10,16H,21H2,1-2H3,(H2,22,23)/t16-,19-/m1/s1. The number of nitrogens with two attached hydrogens (primary N) is 1. The molecule has 25 heavy (non-hydrogen) atoms. The molecule has 3 rings (SSSR count). The number of hydrogen-bond donors (Lipinski definition) is 3. The van der Waals surface area contributed by atoms with E-state index < -0.39 is 11.5 Å². The number of carbonyl (C=O) groups is 1. The summed E-state index contributed by atoms with van der Waals surface area (Å²) < 4.78 is 0. The van der Waals surface area contributed by atoms with Crippen molar-refractivity contribution in [3.8, 4) is 6.07 Å². The van der Waals surface area contributed by atoms with E-state index in [1.54, 1.807) is 37.4 Å². The van der Waals surface area contributed by atoms with Gasteiger partial charge in [0.05, 0.1) is 23.1 Å². The third kappa shape index (κ3) is 2.70. The molecule has 6 nitrogen and oxygen atoms in total. The fourth-order valence-electron chi connectivity index (χ4n) is 3.28. The van der Waals surface area contributed by atoms with Crippen molar-refractivity contribution < 1.29 is 4.79 Å². The minimum absolute atomic E-state index is 0.0415. The number of guanidine groups is 1. The van der Waals surface area contributed by atoms with Crippen LogP contribution in [0.15, 0.2) is 48.5 Å². The van der Waals surface area contributed by atoms with E-state index in [0.29, 0.717) is 11.3 Å². The molecule has 0 aliphatic carbocycles. The lowest BCUT2D eigenvalue weighted by atomic mass is 9.73. The molecule has 0 radical (unpaired) electrons. The van der Waals surface area contributed by atoms with Crippen LogP contribution in [0.3, 0.4) is 0 Å². The molecule has 0 spiro atoms. The molecule has 2 aromatic rings. The van der Waals surface area contributed by atoms with Gasteiger partial charge in [-0.3, -0.25) is 15.1 Å². The molecule has 6 heteroatoms. The number of nitrogens with zero attached hydrogens (tertiary/aromatic N) is 2. The van der Waals surface area contributed by atoms with Crippen LogP contribution in [0.2, 0.25) is 0 Å². The zero-order valence-electron chi connectivity index (χ0n) is 14.1. The number of hydrogen-bond acceptors (Lipinski definition) is 4. The summed E-state index contributed by atoms with van der Waals surface area (Å²) >= 11 is 0. The molecule has 0 bridgehead atoms. The molecule has 1 heterocycles. The SMILES string of the molecule is CN1C(=N)N[C@](C)(c2cccc(N)c2)[C@H](c2ccc(C#N)cc2)C1=O. The zero-order valence-corrected chi connectivity index (χ0v) is 14.1. The number of carbonyl (C=O) groups excluding carboxylic acids is 1. The van der Waals surface area contributed by atoms with Gasteiger partial charge in [-0.2, -0.15) is 5.26 Å². The van der Waals surface area contributed by atoms with Crippen molar-refractivity contribution >= 4 is 17.6 Å². The Kier molecular flexibility index (Phi) is 3.93. The van der Waals surface area contributed by atoms with Crippen LogP contribution in [0.4, 0.5) is 5.69 Å². The van der Waals surface area contributed by atoms with E-state index in [9.17, 15) is 4.79 Å². The summed E-state index contributed by atoms with van der Waals surface area (Å²) in [4.78, 5) is 14.3. The highest BCUT2D eigenvalue weighted by atomic mass is 16.2. The third-order valence-corrected chi connectivity index (χ3v) is 4.73. The van der Waals surface area contributed by atoms with E-state index in [0.717, 1.165) is 11.1 Å². The van der Waals surface area contributed by atoms with Crippen LogP contribution in [0.5, 0.6) is 0 Å². The summed E-state index contributed by atoms with van der Waals surface area (Å²) in [6.07, 6.45) is 0. The summed E-state index contributed by atoms with van der Waals surface area (Å²) in [6.45, 7) is 1.89. The topological polar surface area (TPSA) is 106 Å². The normalized spacial score (nSPS) is 23.1. The number of rotatable bonds is 2. The van der Waals surface area contributed by atoms with Crippen LogP contribution < -0.4 is 11.1 Å². The van der Waals surface area contributed by atoms with E-state index in [-0.39, 0.29) is 11.9 Å². The predicted octanol–water partition coefficient (Wildman–Crippen LogP) is 2.14. The van der Waals surface area contributed by atoms with Crippen molar-refractivity contribution in [3.63, 3.8) is 0 Å². The van der Waals surface area contributed by atoms with Gasteiger partial charge in [0, 0.05) is 12.7 Å². The number of likely N-dealkylation sites (N-methyl/N-ethyl adjacent to an activating group) is 1. The molecule has 4 N–H and O–H groups in total.